The van der Waals surface area contributed by atoms with Crippen LogP contribution in [0.15, 0.2) is 114 Å². The summed E-state index contributed by atoms with van der Waals surface area (Å²) < 4.78 is 29.0. The average molecular weight is 653 g/mol. The molecule has 0 aliphatic rings. The van der Waals surface area contributed by atoms with Crippen molar-refractivity contribution in [3.05, 3.63) is 130 Å². The number of anilines is 1. The lowest BCUT2D eigenvalue weighted by molar-refractivity contribution is -0.140. The van der Waals surface area contributed by atoms with Crippen LogP contribution in [0.4, 0.5) is 5.69 Å². The third-order valence-corrected chi connectivity index (χ3v) is 9.16. The van der Waals surface area contributed by atoms with Gasteiger partial charge < -0.3 is 10.2 Å². The van der Waals surface area contributed by atoms with Crippen molar-refractivity contribution in [2.45, 2.75) is 37.8 Å². The van der Waals surface area contributed by atoms with Crippen molar-refractivity contribution < 1.29 is 18.0 Å². The molecule has 0 spiro atoms. The fraction of sp³-hybridized carbons (Fsp3) is 0.235. The first-order valence-electron chi connectivity index (χ1n) is 14.2. The Balaban J connectivity index is 1.79. The molecule has 0 saturated heterocycles. The van der Waals surface area contributed by atoms with E-state index >= 15 is 0 Å². The van der Waals surface area contributed by atoms with Crippen LogP contribution >= 0.6 is 23.2 Å². The fourth-order valence-electron chi connectivity index (χ4n) is 4.69. The molecule has 0 saturated carbocycles. The third kappa shape index (κ3) is 8.85. The number of rotatable bonds is 13. The zero-order valence-corrected chi connectivity index (χ0v) is 26.9. The summed E-state index contributed by atoms with van der Waals surface area (Å²) in [5.74, 6) is -0.717. The van der Waals surface area contributed by atoms with Gasteiger partial charge in [-0.3, -0.25) is 13.9 Å². The van der Waals surface area contributed by atoms with Crippen molar-refractivity contribution in [3.8, 4) is 0 Å². The highest BCUT2D eigenvalue weighted by Crippen LogP contribution is 2.27. The Morgan fingerprint density at radius 1 is 0.773 bits per heavy atom. The zero-order valence-electron chi connectivity index (χ0n) is 24.6. The van der Waals surface area contributed by atoms with Gasteiger partial charge in [0.1, 0.15) is 12.6 Å². The second-order valence-electron chi connectivity index (χ2n) is 10.8. The van der Waals surface area contributed by atoms with E-state index in [1.807, 2.05) is 50.2 Å². The third-order valence-electron chi connectivity index (χ3n) is 6.90. The predicted molar refractivity (Wildman–Crippen MR) is 176 cm³/mol. The molecule has 4 aromatic rings. The molecule has 0 aliphatic heterocycles. The van der Waals surface area contributed by atoms with E-state index < -0.39 is 28.5 Å². The number of hydrogen-bond donors (Lipinski definition) is 1. The van der Waals surface area contributed by atoms with Gasteiger partial charge in [-0.05, 0) is 59.5 Å². The maximum absolute atomic E-state index is 14.4. The van der Waals surface area contributed by atoms with Gasteiger partial charge in [0.25, 0.3) is 10.0 Å². The van der Waals surface area contributed by atoms with Crippen molar-refractivity contribution in [3.63, 3.8) is 0 Å². The van der Waals surface area contributed by atoms with Crippen LogP contribution in [0.3, 0.4) is 0 Å². The van der Waals surface area contributed by atoms with E-state index in [-0.39, 0.29) is 35.4 Å². The molecule has 0 aliphatic carbocycles. The molecule has 0 bridgehead atoms. The van der Waals surface area contributed by atoms with Crippen molar-refractivity contribution in [2.24, 2.45) is 5.92 Å². The number of benzene rings is 4. The minimum atomic E-state index is -4.20. The van der Waals surface area contributed by atoms with Crippen molar-refractivity contribution in [1.82, 2.24) is 10.2 Å². The van der Waals surface area contributed by atoms with Crippen LogP contribution in [0, 0.1) is 5.92 Å². The molecule has 1 atom stereocenters. The average Bonchev–Trinajstić information content (AvgIpc) is 3.01. The number of halogens is 2. The number of sulfonamides is 1. The van der Waals surface area contributed by atoms with E-state index in [1.165, 1.54) is 23.1 Å². The molecule has 44 heavy (non-hydrogen) atoms. The molecular formula is C34H35Cl2N3O4S. The normalized spacial score (nSPS) is 12.0. The molecule has 0 aromatic heterocycles. The molecular weight excluding hydrogens is 617 g/mol. The highest BCUT2D eigenvalue weighted by Gasteiger charge is 2.34. The smallest absolute Gasteiger partial charge is 0.264 e. The van der Waals surface area contributed by atoms with E-state index in [0.29, 0.717) is 22.2 Å². The van der Waals surface area contributed by atoms with E-state index in [4.69, 9.17) is 23.2 Å². The number of nitrogens with one attached hydrogen (secondary N) is 1. The number of carbonyl (C=O) groups excluding carboxylic acids is 2. The second-order valence-corrected chi connectivity index (χ2v) is 13.5. The van der Waals surface area contributed by atoms with E-state index in [0.717, 1.165) is 9.87 Å². The molecule has 0 fully saturated rings. The molecule has 0 heterocycles. The second kappa shape index (κ2) is 15.2. The van der Waals surface area contributed by atoms with Gasteiger partial charge in [-0.2, -0.15) is 0 Å². The topological polar surface area (TPSA) is 86.8 Å². The number of hydrogen-bond acceptors (Lipinski definition) is 4. The lowest BCUT2D eigenvalue weighted by atomic mass is 10.0. The summed E-state index contributed by atoms with van der Waals surface area (Å²) in [6.07, 6.45) is 0.222. The Labute approximate surface area is 269 Å². The standard InChI is InChI=1S/C34H35Cl2N3O4S/c1-25(2)22-37-34(41)32(20-26-11-5-3-6-12-26)38(23-27-13-9-14-28(35)19-27)33(40)24-39(30-16-10-15-29(36)21-30)44(42,43)31-17-7-4-8-18-31/h3-19,21,25,32H,20,22-24H2,1-2H3,(H,37,41). The summed E-state index contributed by atoms with van der Waals surface area (Å²) in [5.41, 5.74) is 1.77. The lowest BCUT2D eigenvalue weighted by Gasteiger charge is -2.34. The minimum absolute atomic E-state index is 0.0182. The van der Waals surface area contributed by atoms with Crippen LogP contribution < -0.4 is 9.62 Å². The van der Waals surface area contributed by atoms with Gasteiger partial charge in [-0.1, -0.05) is 104 Å². The predicted octanol–water partition coefficient (Wildman–Crippen LogP) is 6.60. The number of amides is 2. The Kier molecular flexibility index (Phi) is 11.4. The van der Waals surface area contributed by atoms with Crippen molar-refractivity contribution in [2.75, 3.05) is 17.4 Å². The van der Waals surface area contributed by atoms with E-state index in [1.54, 1.807) is 54.6 Å². The summed E-state index contributed by atoms with van der Waals surface area (Å²) in [6, 6.07) is 29.7. The fourth-order valence-corrected chi connectivity index (χ4v) is 6.51. The number of carbonyl (C=O) groups is 2. The molecule has 4 aromatic carbocycles. The van der Waals surface area contributed by atoms with Crippen LogP contribution in [-0.2, 0) is 32.6 Å². The largest absolute Gasteiger partial charge is 0.354 e. The Morgan fingerprint density at radius 2 is 1.36 bits per heavy atom. The van der Waals surface area contributed by atoms with Gasteiger partial charge in [-0.25, -0.2) is 8.42 Å². The van der Waals surface area contributed by atoms with Gasteiger partial charge in [0.2, 0.25) is 11.8 Å². The summed E-state index contributed by atoms with van der Waals surface area (Å²) in [7, 11) is -4.20. The zero-order chi connectivity index (χ0) is 31.7. The Bertz CT molecular complexity index is 1670. The lowest BCUT2D eigenvalue weighted by Crippen LogP contribution is -2.53. The van der Waals surface area contributed by atoms with Crippen molar-refractivity contribution >= 4 is 50.7 Å². The highest BCUT2D eigenvalue weighted by molar-refractivity contribution is 7.92. The maximum atomic E-state index is 14.4. The molecule has 7 nitrogen and oxygen atoms in total. The first-order chi connectivity index (χ1) is 21.0. The van der Waals surface area contributed by atoms with Gasteiger partial charge in [0.15, 0.2) is 0 Å². The molecule has 1 N–H and O–H groups in total. The molecule has 0 radical (unpaired) electrons. The summed E-state index contributed by atoms with van der Waals surface area (Å²) in [4.78, 5) is 29.7. The first-order valence-corrected chi connectivity index (χ1v) is 16.4. The summed E-state index contributed by atoms with van der Waals surface area (Å²) in [6.45, 7) is 3.85. The van der Waals surface area contributed by atoms with Gasteiger partial charge in [-0.15, -0.1) is 0 Å². The summed E-state index contributed by atoms with van der Waals surface area (Å²) >= 11 is 12.6. The molecule has 4 rings (SSSR count). The first kappa shape index (κ1) is 33.1. The molecule has 230 valence electrons. The van der Waals surface area contributed by atoms with Crippen molar-refractivity contribution in [1.29, 1.82) is 0 Å². The quantitative estimate of drug-likeness (QED) is 0.176. The monoisotopic (exact) mass is 651 g/mol. The van der Waals surface area contributed by atoms with Gasteiger partial charge in [0, 0.05) is 29.6 Å². The molecule has 10 heteroatoms. The van der Waals surface area contributed by atoms with Gasteiger partial charge in [0.05, 0.1) is 10.6 Å². The Hall–Kier alpha value is -3.85. The molecule has 1 unspecified atom stereocenters. The van der Waals surface area contributed by atoms with Crippen LogP contribution in [-0.4, -0.2) is 44.3 Å². The molecule has 2 amide bonds. The SMILES string of the molecule is CC(C)CNC(=O)C(Cc1ccccc1)N(Cc1cccc(Cl)c1)C(=O)CN(c1cccc(Cl)c1)S(=O)(=O)c1ccccc1. The highest BCUT2D eigenvalue weighted by atomic mass is 35.5. The van der Waals surface area contributed by atoms with E-state index in [9.17, 15) is 18.0 Å². The summed E-state index contributed by atoms with van der Waals surface area (Å²) in [5, 5.41) is 3.77. The maximum Gasteiger partial charge on any atom is 0.264 e. The van der Waals surface area contributed by atoms with Crippen LogP contribution in [0.5, 0.6) is 0 Å². The Morgan fingerprint density at radius 3 is 1.98 bits per heavy atom. The van der Waals surface area contributed by atoms with Crippen LogP contribution in [0.25, 0.3) is 0 Å². The van der Waals surface area contributed by atoms with E-state index in [2.05, 4.69) is 5.32 Å². The minimum Gasteiger partial charge on any atom is -0.354 e. The van der Waals surface area contributed by atoms with Crippen LogP contribution in [0.1, 0.15) is 25.0 Å². The van der Waals surface area contributed by atoms with Gasteiger partial charge >= 0.3 is 0 Å². The van der Waals surface area contributed by atoms with Crippen LogP contribution in [0.2, 0.25) is 10.0 Å². The number of nitrogens with zero attached hydrogens (tertiary/aromatic N) is 2.